The zero-order chi connectivity index (χ0) is 11.7. The first-order chi connectivity index (χ1) is 8.36. The molecule has 3 heteroatoms. The van der Waals surface area contributed by atoms with Crippen molar-refractivity contribution >= 4 is 23.7 Å². The van der Waals surface area contributed by atoms with Gasteiger partial charge in [0.05, 0.1) is 5.69 Å². The van der Waals surface area contributed by atoms with Crippen molar-refractivity contribution in [2.45, 2.75) is 6.17 Å². The number of fused-ring (bicyclic) bond motifs is 1. The second kappa shape index (κ2) is 4.22. The number of para-hydroxylation sites is 1. The van der Waals surface area contributed by atoms with E-state index in [1.165, 1.54) is 0 Å². The first kappa shape index (κ1) is 10.4. The summed E-state index contributed by atoms with van der Waals surface area (Å²) in [5.74, 6) is 0. The van der Waals surface area contributed by atoms with Gasteiger partial charge in [-0.05, 0) is 11.6 Å². The first-order valence-electron chi connectivity index (χ1n) is 5.48. The Kier molecular flexibility index (Phi) is 2.57. The van der Waals surface area contributed by atoms with Crippen LogP contribution in [0.25, 0.3) is 0 Å². The lowest BCUT2D eigenvalue weighted by atomic mass is 10.1. The lowest BCUT2D eigenvalue weighted by Gasteiger charge is -2.28. The third kappa shape index (κ3) is 1.81. The first-order valence-corrected chi connectivity index (χ1v) is 5.82. The van der Waals surface area contributed by atoms with E-state index < -0.39 is 0 Å². The van der Waals surface area contributed by atoms with E-state index in [9.17, 15) is 0 Å². The van der Waals surface area contributed by atoms with Crippen LogP contribution < -0.4 is 4.42 Å². The van der Waals surface area contributed by atoms with Crippen LogP contribution in [0, 0.1) is 0 Å². The van der Waals surface area contributed by atoms with Crippen molar-refractivity contribution in [1.82, 2.24) is 0 Å². The topological polar surface area (TPSA) is 15.6 Å². The van der Waals surface area contributed by atoms with Gasteiger partial charge in [0.15, 0.2) is 6.17 Å². The normalized spacial score (nSPS) is 17.9. The van der Waals surface area contributed by atoms with Crippen LogP contribution in [0.4, 0.5) is 5.69 Å². The summed E-state index contributed by atoms with van der Waals surface area (Å²) in [5, 5.41) is 0. The molecule has 17 heavy (non-hydrogen) atoms. The molecule has 1 atom stereocenters. The highest BCUT2D eigenvalue weighted by Crippen LogP contribution is 2.35. The van der Waals surface area contributed by atoms with Crippen molar-refractivity contribution in [3.8, 4) is 0 Å². The molecule has 0 aliphatic carbocycles. The molecule has 0 fully saturated rings. The Morgan fingerprint density at radius 3 is 2.47 bits per heavy atom. The van der Waals surface area contributed by atoms with Gasteiger partial charge in [-0.2, -0.15) is 0 Å². The summed E-state index contributed by atoms with van der Waals surface area (Å²) >= 11 is 6.37. The Hall–Kier alpha value is -1.80. The molecule has 2 nitrogen and oxygen atoms in total. The number of anilines is 1. The smallest absolute Gasteiger partial charge is 0.161 e. The van der Waals surface area contributed by atoms with Crippen LogP contribution >= 0.6 is 11.8 Å². The van der Waals surface area contributed by atoms with E-state index in [0.29, 0.717) is 0 Å². The standard InChI is InChI=1S/C14H11ClN2/c15-17-13-9-5-4-8-12(13)10-16-14(17)11-6-2-1-3-7-11/h1-10,14H. The van der Waals surface area contributed by atoms with Crippen molar-refractivity contribution in [3.63, 3.8) is 0 Å². The Balaban J connectivity index is 2.03. The summed E-state index contributed by atoms with van der Waals surface area (Å²) in [7, 11) is 0. The number of hydrogen-bond acceptors (Lipinski definition) is 2. The molecular formula is C14H11ClN2. The van der Waals surface area contributed by atoms with Crippen LogP contribution in [0.2, 0.25) is 0 Å². The zero-order valence-electron chi connectivity index (χ0n) is 9.12. The van der Waals surface area contributed by atoms with Gasteiger partial charge in [0.25, 0.3) is 0 Å². The monoisotopic (exact) mass is 242 g/mol. The predicted octanol–water partition coefficient (Wildman–Crippen LogP) is 3.78. The third-order valence-corrected chi connectivity index (χ3v) is 3.20. The molecule has 0 radical (unpaired) electrons. The Morgan fingerprint density at radius 1 is 0.941 bits per heavy atom. The number of halogens is 1. The molecule has 0 saturated carbocycles. The van der Waals surface area contributed by atoms with E-state index in [1.807, 2.05) is 60.8 Å². The molecule has 84 valence electrons. The summed E-state index contributed by atoms with van der Waals surface area (Å²) in [6.07, 6.45) is 1.74. The van der Waals surface area contributed by atoms with E-state index >= 15 is 0 Å². The molecule has 0 bridgehead atoms. The van der Waals surface area contributed by atoms with Crippen LogP contribution in [0.3, 0.4) is 0 Å². The van der Waals surface area contributed by atoms with E-state index in [-0.39, 0.29) is 6.17 Å². The molecular weight excluding hydrogens is 232 g/mol. The third-order valence-electron chi connectivity index (χ3n) is 2.83. The van der Waals surface area contributed by atoms with Gasteiger partial charge >= 0.3 is 0 Å². The van der Waals surface area contributed by atoms with Gasteiger partial charge in [-0.25, -0.2) is 0 Å². The Bertz CT molecular complexity index is 551. The molecule has 1 aliphatic rings. The van der Waals surface area contributed by atoms with Crippen LogP contribution in [0.15, 0.2) is 59.6 Å². The van der Waals surface area contributed by atoms with E-state index in [4.69, 9.17) is 11.8 Å². The van der Waals surface area contributed by atoms with E-state index in [0.717, 1.165) is 16.8 Å². The van der Waals surface area contributed by atoms with Gasteiger partial charge in [0.2, 0.25) is 0 Å². The fourth-order valence-electron chi connectivity index (χ4n) is 1.97. The average Bonchev–Trinajstić information content (AvgIpc) is 2.40. The fourth-order valence-corrected chi connectivity index (χ4v) is 2.29. The molecule has 0 spiro atoms. The molecule has 0 amide bonds. The maximum absolute atomic E-state index is 6.37. The van der Waals surface area contributed by atoms with Gasteiger partial charge in [0, 0.05) is 23.6 Å². The average molecular weight is 243 g/mol. The summed E-state index contributed by atoms with van der Waals surface area (Å²) in [6.45, 7) is 0. The molecule has 1 unspecified atom stereocenters. The van der Waals surface area contributed by atoms with Crippen LogP contribution in [0.5, 0.6) is 0 Å². The number of benzene rings is 2. The van der Waals surface area contributed by atoms with Gasteiger partial charge < -0.3 is 0 Å². The van der Waals surface area contributed by atoms with Gasteiger partial charge in [-0.15, -0.1) is 0 Å². The van der Waals surface area contributed by atoms with Gasteiger partial charge in [-0.1, -0.05) is 48.5 Å². The van der Waals surface area contributed by atoms with Gasteiger partial charge in [-0.3, -0.25) is 9.41 Å². The Labute approximate surface area is 105 Å². The van der Waals surface area contributed by atoms with E-state index in [2.05, 4.69) is 4.99 Å². The minimum atomic E-state index is -0.146. The molecule has 2 aromatic carbocycles. The highest BCUT2D eigenvalue weighted by atomic mass is 35.5. The highest BCUT2D eigenvalue weighted by Gasteiger charge is 2.22. The molecule has 1 heterocycles. The van der Waals surface area contributed by atoms with Crippen molar-refractivity contribution in [2.75, 3.05) is 4.42 Å². The quantitative estimate of drug-likeness (QED) is 0.695. The lowest BCUT2D eigenvalue weighted by Crippen LogP contribution is -2.21. The van der Waals surface area contributed by atoms with Crippen LogP contribution in [-0.4, -0.2) is 6.21 Å². The maximum Gasteiger partial charge on any atom is 0.161 e. The number of hydrogen-bond donors (Lipinski definition) is 0. The van der Waals surface area contributed by atoms with Crippen molar-refractivity contribution in [1.29, 1.82) is 0 Å². The number of aliphatic imine (C=N–C) groups is 1. The molecule has 3 rings (SSSR count). The van der Waals surface area contributed by atoms with Crippen molar-refractivity contribution < 1.29 is 0 Å². The zero-order valence-corrected chi connectivity index (χ0v) is 9.88. The van der Waals surface area contributed by atoms with E-state index in [1.54, 1.807) is 4.42 Å². The van der Waals surface area contributed by atoms with Gasteiger partial charge in [0.1, 0.15) is 0 Å². The SMILES string of the molecule is ClN1c2ccccc2C=NC1c1ccccc1. The highest BCUT2D eigenvalue weighted by molar-refractivity contribution is 6.27. The minimum Gasteiger partial charge on any atom is -0.262 e. The second-order valence-corrected chi connectivity index (χ2v) is 4.30. The summed E-state index contributed by atoms with van der Waals surface area (Å²) in [5.41, 5.74) is 3.14. The predicted molar refractivity (Wildman–Crippen MR) is 71.6 cm³/mol. The summed E-state index contributed by atoms with van der Waals surface area (Å²) < 4.78 is 1.69. The number of rotatable bonds is 1. The number of nitrogens with zero attached hydrogens (tertiary/aromatic N) is 2. The molecule has 0 aromatic heterocycles. The molecule has 1 aliphatic heterocycles. The fraction of sp³-hybridized carbons (Fsp3) is 0.0714. The van der Waals surface area contributed by atoms with Crippen molar-refractivity contribution in [2.24, 2.45) is 4.99 Å². The maximum atomic E-state index is 6.37. The lowest BCUT2D eigenvalue weighted by molar-refractivity contribution is 0.769. The molecule has 0 N–H and O–H groups in total. The van der Waals surface area contributed by atoms with Crippen molar-refractivity contribution in [3.05, 3.63) is 65.7 Å². The minimum absolute atomic E-state index is 0.146. The summed E-state index contributed by atoms with van der Waals surface area (Å²) in [4.78, 5) is 4.49. The summed E-state index contributed by atoms with van der Waals surface area (Å²) in [6, 6.07) is 18.0. The molecule has 2 aromatic rings. The second-order valence-electron chi connectivity index (χ2n) is 3.93. The molecule has 0 saturated heterocycles. The van der Waals surface area contributed by atoms with Crippen LogP contribution in [0.1, 0.15) is 17.3 Å². The van der Waals surface area contributed by atoms with Crippen LogP contribution in [-0.2, 0) is 0 Å². The Morgan fingerprint density at radius 2 is 1.65 bits per heavy atom. The largest absolute Gasteiger partial charge is 0.262 e.